The molecular formula is C16H21NO5. The van der Waals surface area contributed by atoms with Gasteiger partial charge < -0.3 is 9.84 Å². The normalized spacial score (nSPS) is 11.8. The van der Waals surface area contributed by atoms with Crippen LogP contribution in [-0.2, 0) is 20.9 Å². The third kappa shape index (κ3) is 5.20. The van der Waals surface area contributed by atoms with Crippen LogP contribution in [0.5, 0.6) is 0 Å². The van der Waals surface area contributed by atoms with Crippen molar-refractivity contribution < 1.29 is 24.2 Å². The summed E-state index contributed by atoms with van der Waals surface area (Å²) < 4.78 is 5.07. The largest absolute Gasteiger partial charge is 0.480 e. The molecule has 0 radical (unpaired) electrons. The van der Waals surface area contributed by atoms with Crippen LogP contribution in [0.15, 0.2) is 30.3 Å². The summed E-state index contributed by atoms with van der Waals surface area (Å²) in [6, 6.07) is 7.74. The van der Waals surface area contributed by atoms with E-state index in [9.17, 15) is 19.5 Å². The Labute approximate surface area is 129 Å². The smallest absolute Gasteiger partial charge is 0.417 e. The first-order valence-corrected chi connectivity index (χ1v) is 7.06. The maximum atomic E-state index is 12.1. The number of hydrogen-bond donors (Lipinski definition) is 1. The zero-order chi connectivity index (χ0) is 16.7. The average molecular weight is 307 g/mol. The van der Waals surface area contributed by atoms with E-state index in [0.717, 1.165) is 12.5 Å². The monoisotopic (exact) mass is 307 g/mol. The van der Waals surface area contributed by atoms with Crippen molar-refractivity contribution in [2.45, 2.75) is 39.8 Å². The first kappa shape index (κ1) is 17.7. The molecule has 0 bridgehead atoms. The quantitative estimate of drug-likeness (QED) is 0.873. The van der Waals surface area contributed by atoms with Gasteiger partial charge >= 0.3 is 12.1 Å². The Morgan fingerprint density at radius 1 is 1.18 bits per heavy atom. The molecule has 0 heterocycles. The Morgan fingerprint density at radius 3 is 2.23 bits per heavy atom. The van der Waals surface area contributed by atoms with Gasteiger partial charge in [0.1, 0.15) is 12.6 Å². The third-order valence-corrected chi connectivity index (χ3v) is 3.03. The molecule has 1 aromatic carbocycles. The van der Waals surface area contributed by atoms with E-state index in [0.29, 0.717) is 4.90 Å². The van der Waals surface area contributed by atoms with Gasteiger partial charge in [0.2, 0.25) is 5.91 Å². The summed E-state index contributed by atoms with van der Waals surface area (Å²) in [7, 11) is 0. The molecule has 0 unspecified atom stereocenters. The zero-order valence-corrected chi connectivity index (χ0v) is 13.0. The summed E-state index contributed by atoms with van der Waals surface area (Å²) >= 11 is 0. The van der Waals surface area contributed by atoms with Crippen molar-refractivity contribution in [2.75, 3.05) is 0 Å². The SMILES string of the molecule is CC(=O)N(C(=O)OCc1ccccc1)[C@@H](CC(C)C)C(=O)O. The molecule has 0 saturated heterocycles. The number of benzene rings is 1. The lowest BCUT2D eigenvalue weighted by Crippen LogP contribution is -2.48. The number of nitrogens with zero attached hydrogens (tertiary/aromatic N) is 1. The van der Waals surface area contributed by atoms with Gasteiger partial charge in [-0.25, -0.2) is 14.5 Å². The van der Waals surface area contributed by atoms with Gasteiger partial charge in [-0.05, 0) is 17.9 Å². The molecule has 1 rings (SSSR count). The molecule has 6 nitrogen and oxygen atoms in total. The summed E-state index contributed by atoms with van der Waals surface area (Å²) in [5, 5.41) is 9.27. The first-order valence-electron chi connectivity index (χ1n) is 7.06. The Hall–Kier alpha value is -2.37. The van der Waals surface area contributed by atoms with Crippen molar-refractivity contribution in [1.29, 1.82) is 0 Å². The summed E-state index contributed by atoms with van der Waals surface area (Å²) in [6.45, 7) is 4.78. The summed E-state index contributed by atoms with van der Waals surface area (Å²) in [4.78, 5) is 35.8. The number of carbonyl (C=O) groups is 3. The molecule has 0 fully saturated rings. The van der Waals surface area contributed by atoms with Gasteiger partial charge in [-0.3, -0.25) is 4.79 Å². The summed E-state index contributed by atoms with van der Waals surface area (Å²) in [5.74, 6) is -1.85. The predicted octanol–water partition coefficient (Wildman–Crippen LogP) is 2.67. The lowest BCUT2D eigenvalue weighted by molar-refractivity contribution is -0.148. The number of carboxylic acids is 1. The second-order valence-electron chi connectivity index (χ2n) is 5.41. The van der Waals surface area contributed by atoms with Crippen LogP contribution in [0.2, 0.25) is 0 Å². The van der Waals surface area contributed by atoms with Gasteiger partial charge in [0, 0.05) is 6.92 Å². The van der Waals surface area contributed by atoms with Gasteiger partial charge in [0.05, 0.1) is 0 Å². The van der Waals surface area contributed by atoms with E-state index in [1.54, 1.807) is 24.3 Å². The zero-order valence-electron chi connectivity index (χ0n) is 13.0. The van der Waals surface area contributed by atoms with Crippen LogP contribution in [-0.4, -0.2) is 34.0 Å². The fourth-order valence-electron chi connectivity index (χ4n) is 2.03. The molecule has 0 aromatic heterocycles. The van der Waals surface area contributed by atoms with E-state index >= 15 is 0 Å². The summed E-state index contributed by atoms with van der Waals surface area (Å²) in [5.41, 5.74) is 0.759. The molecule has 22 heavy (non-hydrogen) atoms. The van der Waals surface area contributed by atoms with Crippen molar-refractivity contribution in [3.05, 3.63) is 35.9 Å². The van der Waals surface area contributed by atoms with Gasteiger partial charge in [0.15, 0.2) is 0 Å². The van der Waals surface area contributed by atoms with E-state index < -0.39 is 24.0 Å². The highest BCUT2D eigenvalue weighted by atomic mass is 16.6. The standard InChI is InChI=1S/C16H21NO5/c1-11(2)9-14(15(19)20)17(12(3)18)16(21)22-10-13-7-5-4-6-8-13/h4-8,11,14H,9-10H2,1-3H3,(H,19,20)/t14-/m0/s1. The van der Waals surface area contributed by atoms with Crippen LogP contribution >= 0.6 is 0 Å². The first-order chi connectivity index (χ1) is 10.3. The van der Waals surface area contributed by atoms with E-state index in [-0.39, 0.29) is 18.9 Å². The Morgan fingerprint density at radius 2 is 1.77 bits per heavy atom. The average Bonchev–Trinajstić information content (AvgIpc) is 2.44. The van der Waals surface area contributed by atoms with Gasteiger partial charge in [-0.2, -0.15) is 0 Å². The number of rotatable bonds is 6. The van der Waals surface area contributed by atoms with Crippen LogP contribution in [0.3, 0.4) is 0 Å². The Bertz CT molecular complexity index is 527. The maximum Gasteiger partial charge on any atom is 0.417 e. The maximum absolute atomic E-state index is 12.1. The molecule has 0 saturated carbocycles. The summed E-state index contributed by atoms with van der Waals surface area (Å²) in [6.07, 6.45) is -0.764. The molecule has 1 atom stereocenters. The molecule has 120 valence electrons. The minimum atomic E-state index is -1.22. The van der Waals surface area contributed by atoms with Crippen LogP contribution < -0.4 is 0 Å². The molecule has 6 heteroatoms. The molecule has 0 aliphatic rings. The lowest BCUT2D eigenvalue weighted by atomic mass is 10.0. The number of ether oxygens (including phenoxy) is 1. The minimum Gasteiger partial charge on any atom is -0.480 e. The van der Waals surface area contributed by atoms with E-state index in [4.69, 9.17) is 4.74 Å². The van der Waals surface area contributed by atoms with Crippen LogP contribution in [0.4, 0.5) is 4.79 Å². The Kier molecular flexibility index (Phi) is 6.56. The molecule has 0 aliphatic carbocycles. The number of carbonyl (C=O) groups excluding carboxylic acids is 2. The molecule has 2 amide bonds. The number of imide groups is 1. The fraction of sp³-hybridized carbons (Fsp3) is 0.438. The van der Waals surface area contributed by atoms with Crippen molar-refractivity contribution in [1.82, 2.24) is 4.90 Å². The van der Waals surface area contributed by atoms with Crippen LogP contribution in [0.1, 0.15) is 32.8 Å². The second-order valence-corrected chi connectivity index (χ2v) is 5.41. The molecular weight excluding hydrogens is 286 g/mol. The fourth-order valence-corrected chi connectivity index (χ4v) is 2.03. The number of amides is 2. The lowest BCUT2D eigenvalue weighted by Gasteiger charge is -2.26. The van der Waals surface area contributed by atoms with Crippen molar-refractivity contribution >= 4 is 18.0 Å². The number of carboxylic acid groups (broad SMARTS) is 1. The minimum absolute atomic E-state index is 0.0164. The van der Waals surface area contributed by atoms with Crippen molar-refractivity contribution in [3.63, 3.8) is 0 Å². The Balaban J connectivity index is 2.82. The molecule has 1 aromatic rings. The van der Waals surface area contributed by atoms with Gasteiger partial charge in [0.25, 0.3) is 0 Å². The van der Waals surface area contributed by atoms with Gasteiger partial charge in [-0.15, -0.1) is 0 Å². The van der Waals surface area contributed by atoms with Crippen LogP contribution in [0, 0.1) is 5.92 Å². The predicted molar refractivity (Wildman–Crippen MR) is 80.0 cm³/mol. The third-order valence-electron chi connectivity index (χ3n) is 3.03. The van der Waals surface area contributed by atoms with Gasteiger partial charge in [-0.1, -0.05) is 44.2 Å². The molecule has 1 N–H and O–H groups in total. The second kappa shape index (κ2) is 8.17. The van der Waals surface area contributed by atoms with Crippen molar-refractivity contribution in [2.24, 2.45) is 5.92 Å². The van der Waals surface area contributed by atoms with E-state index in [2.05, 4.69) is 0 Å². The molecule has 0 aliphatic heterocycles. The highest BCUT2D eigenvalue weighted by molar-refractivity contribution is 5.95. The van der Waals surface area contributed by atoms with E-state index in [1.165, 1.54) is 0 Å². The number of hydrogen-bond acceptors (Lipinski definition) is 4. The van der Waals surface area contributed by atoms with E-state index in [1.807, 2.05) is 19.9 Å². The topological polar surface area (TPSA) is 83.9 Å². The molecule has 0 spiro atoms. The highest BCUT2D eigenvalue weighted by Gasteiger charge is 2.34. The van der Waals surface area contributed by atoms with Crippen molar-refractivity contribution in [3.8, 4) is 0 Å². The highest BCUT2D eigenvalue weighted by Crippen LogP contribution is 2.15. The number of aliphatic carboxylic acids is 1. The van der Waals surface area contributed by atoms with Crippen LogP contribution in [0.25, 0.3) is 0 Å².